The number of nitrogens with one attached hydrogen (secondary N) is 5. The number of aryl methyl sites for hydroxylation is 10. The molecule has 10 aromatic heterocycles. The lowest BCUT2D eigenvalue weighted by atomic mass is 10.1. The van der Waals surface area contributed by atoms with Crippen LogP contribution in [0.2, 0.25) is 5.02 Å². The molecule has 0 aliphatic rings. The van der Waals surface area contributed by atoms with Gasteiger partial charge in [-0.2, -0.15) is 57.9 Å². The summed E-state index contributed by atoms with van der Waals surface area (Å²) in [6.07, 6.45) is -8.04. The minimum Gasteiger partial charge on any atom is -0.406 e. The summed E-state index contributed by atoms with van der Waals surface area (Å²) in [5, 5.41) is 25.9. The van der Waals surface area contributed by atoms with E-state index in [-0.39, 0.29) is 5.75 Å². The summed E-state index contributed by atoms with van der Waals surface area (Å²) in [7, 11) is 0. The number of pyridine rings is 2. The maximum absolute atomic E-state index is 12.8. The fraction of sp³-hybridized carbons (Fsp3) is 0.144. The first-order valence-corrected chi connectivity index (χ1v) is 45.2. The topological polar surface area (TPSA) is 293 Å². The molecule has 20 aromatic rings. The van der Waals surface area contributed by atoms with E-state index < -0.39 is 53.3 Å². The van der Waals surface area contributed by atoms with Crippen LogP contribution >= 0.6 is 27.5 Å². The van der Waals surface area contributed by atoms with E-state index in [1.807, 2.05) is 142 Å². The summed E-state index contributed by atoms with van der Waals surface area (Å²) >= 11 is 9.48. The summed E-state index contributed by atoms with van der Waals surface area (Å²) in [6, 6.07) is 54.8. The van der Waals surface area contributed by atoms with Gasteiger partial charge in [0.05, 0.1) is 139 Å². The van der Waals surface area contributed by atoms with Crippen molar-refractivity contribution in [3.8, 4) is 46.3 Å². The van der Waals surface area contributed by atoms with Crippen LogP contribution in [0.4, 0.5) is 123 Å². The molecular formula is C104H79BrClF15N24O. The number of nitriles is 1. The van der Waals surface area contributed by atoms with Crippen LogP contribution in [-0.4, -0.2) is 94.4 Å². The number of aromatic nitrogens is 18. The van der Waals surface area contributed by atoms with Crippen LogP contribution in [0.3, 0.4) is 0 Å². The van der Waals surface area contributed by atoms with E-state index in [0.717, 1.165) is 164 Å². The maximum Gasteiger partial charge on any atom is 0.573 e. The molecule has 0 saturated carbocycles. The van der Waals surface area contributed by atoms with Crippen molar-refractivity contribution in [1.82, 2.24) is 88.0 Å². The largest absolute Gasteiger partial charge is 0.573 e. The predicted octanol–water partition coefficient (Wildman–Crippen LogP) is 28.6. The molecule has 0 aliphatic heterocycles. The summed E-state index contributed by atoms with van der Waals surface area (Å²) in [5.74, 6) is 6.95. The molecule has 42 heteroatoms. The molecule has 5 N–H and O–H groups in total. The highest BCUT2D eigenvalue weighted by molar-refractivity contribution is 9.10. The average Bonchev–Trinajstić information content (AvgIpc) is 1.58. The van der Waals surface area contributed by atoms with Crippen molar-refractivity contribution in [1.29, 1.82) is 5.26 Å². The van der Waals surface area contributed by atoms with Gasteiger partial charge in [0.1, 0.15) is 46.5 Å². The normalized spacial score (nSPS) is 11.7. The lowest BCUT2D eigenvalue weighted by molar-refractivity contribution is -0.274. The Balaban J connectivity index is 0.000000131. The van der Waals surface area contributed by atoms with Gasteiger partial charge in [0.15, 0.2) is 34.9 Å². The number of alkyl halides is 15. The van der Waals surface area contributed by atoms with Crippen molar-refractivity contribution >= 4 is 140 Å². The molecule has 0 unspecified atom stereocenters. The predicted molar refractivity (Wildman–Crippen MR) is 532 cm³/mol. The Kier molecular flexibility index (Phi) is 29.2. The molecule has 0 spiro atoms. The highest BCUT2D eigenvalue weighted by Gasteiger charge is 2.35. The van der Waals surface area contributed by atoms with E-state index in [2.05, 4.69) is 135 Å². The first-order chi connectivity index (χ1) is 69.3. The Morgan fingerprint density at radius 1 is 0.315 bits per heavy atom. The van der Waals surface area contributed by atoms with Crippen LogP contribution in [0.15, 0.2) is 273 Å². The molecule has 0 bridgehead atoms. The lowest BCUT2D eigenvalue weighted by Crippen LogP contribution is -2.16. The summed E-state index contributed by atoms with van der Waals surface area (Å²) < 4.78 is 202. The van der Waals surface area contributed by atoms with E-state index in [0.29, 0.717) is 103 Å². The molecule has 20 rings (SSSR count). The molecule has 0 amide bonds. The van der Waals surface area contributed by atoms with Crippen molar-refractivity contribution in [2.24, 2.45) is 0 Å². The number of benzene rings is 10. The van der Waals surface area contributed by atoms with Gasteiger partial charge in [-0.05, 0) is 309 Å². The number of halogens is 17. The Labute approximate surface area is 834 Å². The Morgan fingerprint density at radius 3 is 1.01 bits per heavy atom. The highest BCUT2D eigenvalue weighted by atomic mass is 79.9. The molecule has 10 aromatic carbocycles. The minimum absolute atomic E-state index is 0.293. The van der Waals surface area contributed by atoms with E-state index >= 15 is 0 Å². The van der Waals surface area contributed by atoms with Crippen molar-refractivity contribution in [3.63, 3.8) is 0 Å². The van der Waals surface area contributed by atoms with Crippen molar-refractivity contribution in [2.45, 2.75) is 100 Å². The van der Waals surface area contributed by atoms with Gasteiger partial charge in [-0.1, -0.05) is 33.6 Å². The van der Waals surface area contributed by atoms with E-state index in [9.17, 15) is 71.1 Å². The van der Waals surface area contributed by atoms with Crippen molar-refractivity contribution in [3.05, 3.63) is 362 Å². The zero-order chi connectivity index (χ0) is 104. The van der Waals surface area contributed by atoms with Crippen LogP contribution < -0.4 is 31.3 Å². The average molecular weight is 2080 g/mol. The van der Waals surface area contributed by atoms with Gasteiger partial charge in [0, 0.05) is 55.1 Å². The second-order valence-corrected chi connectivity index (χ2v) is 34.5. The molecule has 0 fully saturated rings. The van der Waals surface area contributed by atoms with Gasteiger partial charge in [-0.15, -0.1) is 13.2 Å². The number of hydrogen-bond donors (Lipinski definition) is 5. The molecular weight excluding hydrogens is 2000 g/mol. The quantitative estimate of drug-likeness (QED) is 0.0562. The van der Waals surface area contributed by atoms with Crippen molar-refractivity contribution < 1.29 is 70.6 Å². The summed E-state index contributed by atoms with van der Waals surface area (Å²) in [5.41, 5.74) is 15.9. The summed E-state index contributed by atoms with van der Waals surface area (Å²) in [6.45, 7) is 19.7. The molecule has 0 radical (unpaired) electrons. The second-order valence-electron chi connectivity index (χ2n) is 33.2. The minimum atomic E-state index is -4.73. The van der Waals surface area contributed by atoms with Gasteiger partial charge in [-0.3, -0.25) is 43.2 Å². The van der Waals surface area contributed by atoms with Gasteiger partial charge >= 0.3 is 31.1 Å². The molecule has 25 nitrogen and oxygen atoms in total. The maximum atomic E-state index is 12.8. The number of rotatable bonds is 16. The summed E-state index contributed by atoms with van der Waals surface area (Å²) in [4.78, 5) is 62.3. The fourth-order valence-electron chi connectivity index (χ4n) is 15.4. The highest BCUT2D eigenvalue weighted by Crippen LogP contribution is 2.39. The lowest BCUT2D eigenvalue weighted by Gasteiger charge is -2.12. The van der Waals surface area contributed by atoms with E-state index in [1.165, 1.54) is 97.6 Å². The van der Waals surface area contributed by atoms with Crippen LogP contribution in [0.25, 0.3) is 89.6 Å². The Morgan fingerprint density at radius 2 is 0.644 bits per heavy atom. The van der Waals surface area contributed by atoms with Crippen LogP contribution in [0, 0.1) is 80.6 Å². The number of fused-ring (bicyclic) bond motifs is 5. The van der Waals surface area contributed by atoms with Crippen molar-refractivity contribution in [2.75, 3.05) is 26.6 Å². The third kappa shape index (κ3) is 24.3. The van der Waals surface area contributed by atoms with Gasteiger partial charge in [0.2, 0.25) is 0 Å². The third-order valence-corrected chi connectivity index (χ3v) is 23.5. The van der Waals surface area contributed by atoms with E-state index in [4.69, 9.17) is 11.6 Å². The number of hydrogen-bond acceptors (Lipinski definition) is 21. The van der Waals surface area contributed by atoms with Gasteiger partial charge in [0.25, 0.3) is 0 Å². The standard InChI is InChI=1S/C23H18F3N5.C21H18F3N5O.C21H18F3N5.C20H12ClF3N4.C19H13BrF3N5/c1-13-8-19-20(9-14(13)2)31(15(3)28-19)22-11-16(12-27)10-21(30-22)29-18-6-4-17(5-7-18)23(24,25)26;1-12-8-17-18(9-13(12)2)29(14(3)26-17)20-11-25-10-19(28-20)27-15-4-6-16(7-5-15)30-21(22,23)24;1-12-8-17-18(9-13(12)2)29(14(3)26-17)20-11-25-10-19(28-20)27-16-6-4-15(5-7-16)21(22,23)24;21-13-3-6-15-16(7-8-26-17(15)9-13)18-10-25-11-19(28-18)27-14-4-1-12(2-5-14)20(22,23)24;1-11-25-15-7-4-13(20)8-16(15)28(11)18-10-24-9-17(27-18)26-14-5-2-12(3-6-14)19(21,22)23/h4-11H,1-3H3,(H,29,30);4-11H,1-3H3,(H,27,28);4-11H,1-3H3,(H,27,28);1-11H,(H,27,28);2-10H,1H3,(H,26,27). The first-order valence-electron chi connectivity index (χ1n) is 44.0. The van der Waals surface area contributed by atoms with Gasteiger partial charge < -0.3 is 31.3 Å². The first kappa shape index (κ1) is 102. The fourth-order valence-corrected chi connectivity index (χ4v) is 15.9. The second kappa shape index (κ2) is 41.9. The zero-order valence-corrected chi connectivity index (χ0v) is 80.6. The molecule has 146 heavy (non-hydrogen) atoms. The zero-order valence-electron chi connectivity index (χ0n) is 78.2. The SMILES string of the molecule is Cc1cc2nc(C)n(-c3cc(C#N)cc(Nc4ccc(C(F)(F)F)cc4)n3)c2cc1C.Cc1cc2nc(C)n(-c3cncc(Nc4ccc(C(F)(F)F)cc4)n3)c2cc1C.Cc1cc2nc(C)n(-c3cncc(Nc4ccc(OC(F)(F)F)cc4)n3)c2cc1C.Cc1nc2ccc(Br)cc2n1-c1cncc(Nc2ccc(C(F)(F)F)cc2)n1.FC(F)(F)c1ccc(Nc2cncc(-c3ccnc4cc(Cl)ccc34)n2)cc1. The van der Waals surface area contributed by atoms with Crippen LogP contribution in [0.1, 0.15) is 84.5 Å². The number of ether oxygens (including phenoxy) is 1. The monoisotopic (exact) mass is 2080 g/mol. The Bertz CT molecular complexity index is 8280. The molecule has 10 heterocycles. The number of nitrogens with zero attached hydrogens (tertiary/aromatic N) is 19. The molecule has 0 atom stereocenters. The number of imidazole rings is 4. The smallest absolute Gasteiger partial charge is 0.406 e. The molecule has 740 valence electrons. The van der Waals surface area contributed by atoms with Crippen LogP contribution in [0.5, 0.6) is 5.75 Å². The van der Waals surface area contributed by atoms with Crippen LogP contribution in [-0.2, 0) is 24.7 Å². The van der Waals surface area contributed by atoms with E-state index in [1.54, 1.807) is 55.2 Å². The number of anilines is 10. The van der Waals surface area contributed by atoms with Gasteiger partial charge in [-0.25, -0.2) is 44.9 Å². The molecule has 0 aliphatic carbocycles. The molecule has 0 saturated heterocycles. The Hall–Kier alpha value is -17.0. The third-order valence-electron chi connectivity index (χ3n) is 22.7.